The molecule has 0 bridgehead atoms. The van der Waals surface area contributed by atoms with Gasteiger partial charge in [-0.1, -0.05) is 18.7 Å². The standard InChI is InChI=1S/C12H16N2/c1-5-6-10-8-11(13-3)7-9(2)12(10)14-4/h5-8,13H,1H2,2-4H3/b10-6-,14-12-. The first-order valence-corrected chi connectivity index (χ1v) is 4.61. The molecule has 0 amide bonds. The van der Waals surface area contributed by atoms with E-state index in [1.807, 2.05) is 20.2 Å². The van der Waals surface area contributed by atoms with Gasteiger partial charge < -0.3 is 5.32 Å². The summed E-state index contributed by atoms with van der Waals surface area (Å²) in [7, 11) is 3.72. The maximum Gasteiger partial charge on any atom is 0.0673 e. The Morgan fingerprint density at radius 3 is 2.64 bits per heavy atom. The number of hydrogen-bond donors (Lipinski definition) is 1. The predicted molar refractivity (Wildman–Crippen MR) is 62.5 cm³/mol. The highest BCUT2D eigenvalue weighted by atomic mass is 14.8. The van der Waals surface area contributed by atoms with Crippen molar-refractivity contribution in [2.24, 2.45) is 4.99 Å². The quantitative estimate of drug-likeness (QED) is 0.706. The lowest BCUT2D eigenvalue weighted by Gasteiger charge is -2.15. The number of likely N-dealkylation sites (N-methyl/N-ethyl adjacent to an activating group) is 1. The highest BCUT2D eigenvalue weighted by Crippen LogP contribution is 2.18. The van der Waals surface area contributed by atoms with E-state index < -0.39 is 0 Å². The Morgan fingerprint density at radius 1 is 1.43 bits per heavy atom. The molecule has 0 fully saturated rings. The Bertz CT molecular complexity index is 355. The van der Waals surface area contributed by atoms with Crippen molar-refractivity contribution < 1.29 is 0 Å². The summed E-state index contributed by atoms with van der Waals surface area (Å²) in [6.07, 6.45) is 7.90. The van der Waals surface area contributed by atoms with Gasteiger partial charge in [-0.05, 0) is 24.6 Å². The number of allylic oxidation sites excluding steroid dienone is 6. The zero-order valence-corrected chi connectivity index (χ0v) is 8.96. The van der Waals surface area contributed by atoms with Crippen molar-refractivity contribution in [2.45, 2.75) is 6.92 Å². The van der Waals surface area contributed by atoms with Crippen LogP contribution in [0.3, 0.4) is 0 Å². The van der Waals surface area contributed by atoms with Gasteiger partial charge in [-0.2, -0.15) is 0 Å². The second-order valence-electron chi connectivity index (χ2n) is 3.11. The molecule has 2 nitrogen and oxygen atoms in total. The molecule has 0 spiro atoms. The molecule has 2 heteroatoms. The van der Waals surface area contributed by atoms with E-state index in [-0.39, 0.29) is 0 Å². The molecule has 14 heavy (non-hydrogen) atoms. The molecule has 74 valence electrons. The van der Waals surface area contributed by atoms with E-state index in [4.69, 9.17) is 0 Å². The summed E-state index contributed by atoms with van der Waals surface area (Å²) in [4.78, 5) is 4.26. The first kappa shape index (κ1) is 10.5. The van der Waals surface area contributed by atoms with E-state index in [1.165, 1.54) is 5.57 Å². The molecule has 0 atom stereocenters. The molecule has 0 saturated carbocycles. The van der Waals surface area contributed by atoms with E-state index in [9.17, 15) is 0 Å². The van der Waals surface area contributed by atoms with Crippen molar-refractivity contribution in [3.8, 4) is 0 Å². The zero-order chi connectivity index (χ0) is 10.6. The van der Waals surface area contributed by atoms with Crippen LogP contribution in [0.1, 0.15) is 6.92 Å². The van der Waals surface area contributed by atoms with Gasteiger partial charge in [0.1, 0.15) is 0 Å². The minimum atomic E-state index is 1.03. The minimum absolute atomic E-state index is 1.03. The molecule has 1 rings (SSSR count). The molecular weight excluding hydrogens is 172 g/mol. The number of hydrogen-bond acceptors (Lipinski definition) is 2. The van der Waals surface area contributed by atoms with Crippen LogP contribution < -0.4 is 5.32 Å². The van der Waals surface area contributed by atoms with Gasteiger partial charge in [0.05, 0.1) is 5.71 Å². The van der Waals surface area contributed by atoms with Crippen molar-refractivity contribution in [3.05, 3.63) is 47.7 Å². The zero-order valence-electron chi connectivity index (χ0n) is 8.96. The molecule has 1 N–H and O–H groups in total. The molecule has 0 aliphatic heterocycles. The number of nitrogens with zero attached hydrogens (tertiary/aromatic N) is 1. The maximum atomic E-state index is 4.26. The highest BCUT2D eigenvalue weighted by Gasteiger charge is 2.11. The van der Waals surface area contributed by atoms with Gasteiger partial charge in [0.15, 0.2) is 0 Å². The van der Waals surface area contributed by atoms with Crippen LogP contribution in [0.5, 0.6) is 0 Å². The summed E-state index contributed by atoms with van der Waals surface area (Å²) in [6.45, 7) is 5.76. The van der Waals surface area contributed by atoms with Crippen LogP contribution in [0.2, 0.25) is 0 Å². The van der Waals surface area contributed by atoms with Gasteiger partial charge in [0.2, 0.25) is 0 Å². The first-order chi connectivity index (χ1) is 6.72. The number of aliphatic imine (C=N–C) groups is 1. The lowest BCUT2D eigenvalue weighted by molar-refractivity contribution is 1.02. The average molecular weight is 188 g/mol. The van der Waals surface area contributed by atoms with Gasteiger partial charge in [-0.3, -0.25) is 4.99 Å². The SMILES string of the molecule is C=C/C=C1/C=C(NC)C=C(C)/C1=N/C. The van der Waals surface area contributed by atoms with Crippen molar-refractivity contribution in [1.29, 1.82) is 0 Å². The van der Waals surface area contributed by atoms with Crippen LogP contribution >= 0.6 is 0 Å². The molecule has 1 aliphatic rings. The Labute approximate surface area is 85.4 Å². The predicted octanol–water partition coefficient (Wildman–Crippen LogP) is 2.23. The van der Waals surface area contributed by atoms with Crippen LogP contribution in [0.15, 0.2) is 52.7 Å². The summed E-state index contributed by atoms with van der Waals surface area (Å²) in [5.74, 6) is 0. The normalized spacial score (nSPS) is 21.9. The van der Waals surface area contributed by atoms with Gasteiger partial charge in [-0.25, -0.2) is 0 Å². The molecule has 0 aromatic heterocycles. The second-order valence-corrected chi connectivity index (χ2v) is 3.11. The van der Waals surface area contributed by atoms with Crippen molar-refractivity contribution in [1.82, 2.24) is 5.32 Å². The fraction of sp³-hybridized carbons (Fsp3) is 0.250. The molecule has 0 unspecified atom stereocenters. The molecule has 0 saturated heterocycles. The van der Waals surface area contributed by atoms with Gasteiger partial charge in [0, 0.05) is 25.4 Å². The Morgan fingerprint density at radius 2 is 2.14 bits per heavy atom. The second kappa shape index (κ2) is 4.61. The van der Waals surface area contributed by atoms with Crippen molar-refractivity contribution in [2.75, 3.05) is 14.1 Å². The van der Waals surface area contributed by atoms with E-state index >= 15 is 0 Å². The van der Waals surface area contributed by atoms with Crippen molar-refractivity contribution >= 4 is 5.71 Å². The Balaban J connectivity index is 3.18. The van der Waals surface area contributed by atoms with E-state index in [2.05, 4.69) is 36.0 Å². The summed E-state index contributed by atoms with van der Waals surface area (Å²) in [5.41, 5.74) is 4.41. The van der Waals surface area contributed by atoms with Crippen LogP contribution in [-0.4, -0.2) is 19.8 Å². The molecule has 0 aromatic rings. The Kier molecular flexibility index (Phi) is 3.46. The van der Waals surface area contributed by atoms with Crippen LogP contribution in [0.4, 0.5) is 0 Å². The molecule has 0 radical (unpaired) electrons. The molecule has 0 heterocycles. The summed E-state index contributed by atoms with van der Waals surface area (Å²) in [5, 5.41) is 3.12. The molecule has 1 aliphatic carbocycles. The van der Waals surface area contributed by atoms with Crippen molar-refractivity contribution in [3.63, 3.8) is 0 Å². The minimum Gasteiger partial charge on any atom is -0.388 e. The molecular formula is C12H16N2. The number of nitrogens with one attached hydrogen (secondary N) is 1. The maximum absolute atomic E-state index is 4.26. The van der Waals surface area contributed by atoms with Gasteiger partial charge >= 0.3 is 0 Å². The largest absolute Gasteiger partial charge is 0.388 e. The van der Waals surface area contributed by atoms with E-state index in [0.717, 1.165) is 17.0 Å². The lowest BCUT2D eigenvalue weighted by Crippen LogP contribution is -2.14. The summed E-state index contributed by atoms with van der Waals surface area (Å²) in [6, 6.07) is 0. The fourth-order valence-electron chi connectivity index (χ4n) is 1.51. The van der Waals surface area contributed by atoms with E-state index in [0.29, 0.717) is 0 Å². The smallest absolute Gasteiger partial charge is 0.0673 e. The van der Waals surface area contributed by atoms with E-state index in [1.54, 1.807) is 6.08 Å². The first-order valence-electron chi connectivity index (χ1n) is 4.61. The topological polar surface area (TPSA) is 24.4 Å². The number of rotatable bonds is 2. The Hall–Kier alpha value is -1.57. The third-order valence-corrected chi connectivity index (χ3v) is 2.14. The summed E-state index contributed by atoms with van der Waals surface area (Å²) >= 11 is 0. The van der Waals surface area contributed by atoms with Crippen LogP contribution in [0, 0.1) is 0 Å². The third kappa shape index (κ3) is 2.02. The lowest BCUT2D eigenvalue weighted by atomic mass is 9.96. The summed E-state index contributed by atoms with van der Waals surface area (Å²) < 4.78 is 0. The van der Waals surface area contributed by atoms with Gasteiger partial charge in [0.25, 0.3) is 0 Å². The third-order valence-electron chi connectivity index (χ3n) is 2.14. The average Bonchev–Trinajstić information content (AvgIpc) is 2.18. The van der Waals surface area contributed by atoms with Crippen LogP contribution in [0.25, 0.3) is 0 Å². The van der Waals surface area contributed by atoms with Gasteiger partial charge in [-0.15, -0.1) is 0 Å². The molecule has 0 aromatic carbocycles. The highest BCUT2D eigenvalue weighted by molar-refractivity contribution is 6.15. The van der Waals surface area contributed by atoms with Crippen LogP contribution in [-0.2, 0) is 0 Å². The monoisotopic (exact) mass is 188 g/mol. The fourth-order valence-corrected chi connectivity index (χ4v) is 1.51.